The number of aryl methyl sites for hydroxylation is 2. The van der Waals surface area contributed by atoms with Crippen molar-refractivity contribution in [2.45, 2.75) is 13.3 Å². The lowest BCUT2D eigenvalue weighted by Gasteiger charge is -2.02. The predicted octanol–water partition coefficient (Wildman–Crippen LogP) is 1.63. The van der Waals surface area contributed by atoms with Crippen molar-refractivity contribution in [3.05, 3.63) is 30.2 Å². The molecule has 0 aliphatic rings. The molecule has 2 rings (SSSR count). The van der Waals surface area contributed by atoms with Gasteiger partial charge >= 0.3 is 0 Å². The molecule has 0 radical (unpaired) electrons. The molecule has 0 aliphatic heterocycles. The maximum Gasteiger partial charge on any atom is 0.0965 e. The highest BCUT2D eigenvalue weighted by atomic mass is 15.3. The Morgan fingerprint density at radius 3 is 2.93 bits per heavy atom. The second-order valence-corrected chi connectivity index (χ2v) is 3.46. The fraction of sp³-hybridized carbons (Fsp3) is 0.273. The number of nitrogen functional groups attached to an aromatic ring is 1. The van der Waals surface area contributed by atoms with Crippen molar-refractivity contribution in [1.82, 2.24) is 14.8 Å². The van der Waals surface area contributed by atoms with Crippen LogP contribution in [0, 0.1) is 0 Å². The van der Waals surface area contributed by atoms with E-state index in [-0.39, 0.29) is 0 Å². The van der Waals surface area contributed by atoms with Gasteiger partial charge in [0.05, 0.1) is 17.1 Å². The number of rotatable bonds is 2. The van der Waals surface area contributed by atoms with Crippen LogP contribution in [0.3, 0.4) is 0 Å². The van der Waals surface area contributed by atoms with Crippen molar-refractivity contribution in [1.29, 1.82) is 0 Å². The van der Waals surface area contributed by atoms with Crippen molar-refractivity contribution >= 4 is 5.69 Å². The Balaban J connectivity index is 2.58. The van der Waals surface area contributed by atoms with Gasteiger partial charge < -0.3 is 5.73 Å². The van der Waals surface area contributed by atoms with Gasteiger partial charge in [0.15, 0.2) is 0 Å². The van der Waals surface area contributed by atoms with E-state index in [0.717, 1.165) is 23.4 Å². The van der Waals surface area contributed by atoms with Crippen molar-refractivity contribution < 1.29 is 0 Å². The van der Waals surface area contributed by atoms with E-state index >= 15 is 0 Å². The quantitative estimate of drug-likeness (QED) is 0.805. The van der Waals surface area contributed by atoms with E-state index in [9.17, 15) is 0 Å². The number of hydrogen-bond acceptors (Lipinski definition) is 3. The largest absolute Gasteiger partial charge is 0.397 e. The summed E-state index contributed by atoms with van der Waals surface area (Å²) in [5.41, 5.74) is 9.46. The van der Waals surface area contributed by atoms with Gasteiger partial charge in [0.2, 0.25) is 0 Å². The smallest absolute Gasteiger partial charge is 0.0965 e. The molecular formula is C11H14N4. The highest BCUT2D eigenvalue weighted by Gasteiger charge is 2.11. The topological polar surface area (TPSA) is 56.7 Å². The van der Waals surface area contributed by atoms with Gasteiger partial charge in [0, 0.05) is 25.0 Å². The zero-order valence-corrected chi connectivity index (χ0v) is 8.94. The van der Waals surface area contributed by atoms with Gasteiger partial charge in [0.1, 0.15) is 0 Å². The lowest BCUT2D eigenvalue weighted by atomic mass is 10.1. The van der Waals surface area contributed by atoms with E-state index < -0.39 is 0 Å². The molecule has 0 unspecified atom stereocenters. The Hall–Kier alpha value is -1.84. The number of hydrogen-bond donors (Lipinski definition) is 1. The minimum atomic E-state index is 0.695. The average Bonchev–Trinajstić information content (AvgIpc) is 2.60. The number of anilines is 1. The molecule has 4 nitrogen and oxygen atoms in total. The van der Waals surface area contributed by atoms with Gasteiger partial charge in [-0.2, -0.15) is 5.10 Å². The molecule has 0 aliphatic carbocycles. The second kappa shape index (κ2) is 3.73. The predicted molar refractivity (Wildman–Crippen MR) is 60.2 cm³/mol. The molecule has 0 aromatic carbocycles. The van der Waals surface area contributed by atoms with Crippen LogP contribution in [0.1, 0.15) is 12.6 Å². The van der Waals surface area contributed by atoms with E-state index in [1.54, 1.807) is 10.9 Å². The summed E-state index contributed by atoms with van der Waals surface area (Å²) >= 11 is 0. The Kier molecular flexibility index (Phi) is 2.41. The van der Waals surface area contributed by atoms with Crippen LogP contribution in [-0.2, 0) is 13.5 Å². The van der Waals surface area contributed by atoms with E-state index in [4.69, 9.17) is 5.73 Å². The molecule has 4 heteroatoms. The molecule has 0 saturated heterocycles. The fourth-order valence-electron chi connectivity index (χ4n) is 1.64. The first-order chi connectivity index (χ1) is 7.22. The molecule has 0 amide bonds. The van der Waals surface area contributed by atoms with Crippen molar-refractivity contribution in [3.63, 3.8) is 0 Å². The molecule has 0 atom stereocenters. The van der Waals surface area contributed by atoms with Crippen LogP contribution < -0.4 is 5.73 Å². The summed E-state index contributed by atoms with van der Waals surface area (Å²) in [6, 6.07) is 3.69. The van der Waals surface area contributed by atoms with Crippen molar-refractivity contribution in [2.24, 2.45) is 7.05 Å². The molecule has 78 valence electrons. The molecule has 0 spiro atoms. The summed E-state index contributed by atoms with van der Waals surface area (Å²) in [6.45, 7) is 2.07. The summed E-state index contributed by atoms with van der Waals surface area (Å²) in [5.74, 6) is 0. The van der Waals surface area contributed by atoms with Gasteiger partial charge in [-0.25, -0.2) is 0 Å². The van der Waals surface area contributed by atoms with Crippen LogP contribution in [-0.4, -0.2) is 14.8 Å². The maximum absolute atomic E-state index is 5.89. The maximum atomic E-state index is 5.89. The SMILES string of the molecule is CCc1nn(C)cc1-c1ncccc1N. The van der Waals surface area contributed by atoms with E-state index in [1.165, 1.54) is 0 Å². The summed E-state index contributed by atoms with van der Waals surface area (Å²) in [6.07, 6.45) is 4.59. The third kappa shape index (κ3) is 1.70. The van der Waals surface area contributed by atoms with Crippen LogP contribution in [0.5, 0.6) is 0 Å². The molecule has 15 heavy (non-hydrogen) atoms. The van der Waals surface area contributed by atoms with Crippen molar-refractivity contribution in [2.75, 3.05) is 5.73 Å². The number of aromatic nitrogens is 3. The molecule has 2 heterocycles. The first kappa shape index (κ1) is 9.71. The third-order valence-electron chi connectivity index (χ3n) is 2.33. The lowest BCUT2D eigenvalue weighted by Crippen LogP contribution is -1.94. The monoisotopic (exact) mass is 202 g/mol. The zero-order valence-electron chi connectivity index (χ0n) is 8.94. The molecule has 0 fully saturated rings. The summed E-state index contributed by atoms with van der Waals surface area (Å²) in [5, 5.41) is 4.37. The second-order valence-electron chi connectivity index (χ2n) is 3.46. The highest BCUT2D eigenvalue weighted by molar-refractivity contribution is 5.73. The molecule has 2 aromatic heterocycles. The number of nitrogens with two attached hydrogens (primary N) is 1. The summed E-state index contributed by atoms with van der Waals surface area (Å²) in [7, 11) is 1.90. The normalized spacial score (nSPS) is 10.5. The minimum absolute atomic E-state index is 0.695. The van der Waals surface area contributed by atoms with Crippen LogP contribution >= 0.6 is 0 Å². The van der Waals surface area contributed by atoms with Gasteiger partial charge in [-0.1, -0.05) is 6.92 Å². The zero-order chi connectivity index (χ0) is 10.8. The Labute approximate surface area is 88.8 Å². The van der Waals surface area contributed by atoms with E-state index in [2.05, 4.69) is 17.0 Å². The minimum Gasteiger partial charge on any atom is -0.397 e. The lowest BCUT2D eigenvalue weighted by molar-refractivity contribution is 0.746. The number of nitrogens with zero attached hydrogens (tertiary/aromatic N) is 3. The highest BCUT2D eigenvalue weighted by Crippen LogP contribution is 2.25. The Bertz CT molecular complexity index is 473. The molecular weight excluding hydrogens is 188 g/mol. The van der Waals surface area contributed by atoms with Crippen LogP contribution in [0.4, 0.5) is 5.69 Å². The van der Waals surface area contributed by atoms with Gasteiger partial charge in [-0.05, 0) is 18.6 Å². The van der Waals surface area contributed by atoms with E-state index in [1.807, 2.05) is 25.4 Å². The molecule has 2 N–H and O–H groups in total. The van der Waals surface area contributed by atoms with Gasteiger partial charge in [-0.3, -0.25) is 9.67 Å². The summed E-state index contributed by atoms with van der Waals surface area (Å²) in [4.78, 5) is 4.29. The van der Waals surface area contributed by atoms with Gasteiger partial charge in [0.25, 0.3) is 0 Å². The first-order valence-corrected chi connectivity index (χ1v) is 4.95. The Morgan fingerprint density at radius 1 is 1.47 bits per heavy atom. The van der Waals surface area contributed by atoms with Crippen LogP contribution in [0.2, 0.25) is 0 Å². The fourth-order valence-corrected chi connectivity index (χ4v) is 1.64. The molecule has 0 bridgehead atoms. The Morgan fingerprint density at radius 2 is 2.27 bits per heavy atom. The summed E-state index contributed by atoms with van der Waals surface area (Å²) < 4.78 is 1.79. The first-order valence-electron chi connectivity index (χ1n) is 4.95. The van der Waals surface area contributed by atoms with Crippen LogP contribution in [0.25, 0.3) is 11.3 Å². The molecule has 0 saturated carbocycles. The van der Waals surface area contributed by atoms with Gasteiger partial charge in [-0.15, -0.1) is 0 Å². The van der Waals surface area contributed by atoms with Crippen molar-refractivity contribution in [3.8, 4) is 11.3 Å². The standard InChI is InChI=1S/C11H14N4/c1-3-10-8(7-15(2)14-10)11-9(12)5-4-6-13-11/h4-7H,3,12H2,1-2H3. The van der Waals surface area contributed by atoms with Crippen LogP contribution in [0.15, 0.2) is 24.5 Å². The average molecular weight is 202 g/mol. The molecule has 2 aromatic rings. The third-order valence-corrected chi connectivity index (χ3v) is 2.33. The number of pyridine rings is 1. The van der Waals surface area contributed by atoms with E-state index in [0.29, 0.717) is 5.69 Å².